The van der Waals surface area contributed by atoms with Gasteiger partial charge in [-0.15, -0.1) is 0 Å². The Morgan fingerprint density at radius 1 is 1.40 bits per heavy atom. The molecule has 2 aromatic rings. The van der Waals surface area contributed by atoms with E-state index < -0.39 is 22.6 Å². The van der Waals surface area contributed by atoms with Gasteiger partial charge in [0, 0.05) is 5.56 Å². The van der Waals surface area contributed by atoms with Crippen molar-refractivity contribution in [3.63, 3.8) is 0 Å². The van der Waals surface area contributed by atoms with Gasteiger partial charge >= 0.3 is 5.69 Å². The van der Waals surface area contributed by atoms with Gasteiger partial charge in [-0.3, -0.25) is 10.1 Å². The first-order valence-electron chi connectivity index (χ1n) is 5.75. The SMILES string of the molecule is Cc1cc(F)c(C(C)n2ncc([N+](=O)[O-])c2N)cc1F. The summed E-state index contributed by atoms with van der Waals surface area (Å²) in [5.74, 6) is -1.38. The van der Waals surface area contributed by atoms with Crippen molar-refractivity contribution in [2.45, 2.75) is 19.9 Å². The van der Waals surface area contributed by atoms with Crippen LogP contribution in [0.3, 0.4) is 0 Å². The zero-order valence-corrected chi connectivity index (χ0v) is 10.8. The molecule has 2 N–H and O–H groups in total. The first kappa shape index (κ1) is 13.9. The van der Waals surface area contributed by atoms with E-state index in [9.17, 15) is 18.9 Å². The molecule has 6 nitrogen and oxygen atoms in total. The number of rotatable bonds is 3. The van der Waals surface area contributed by atoms with E-state index in [0.717, 1.165) is 23.0 Å². The Morgan fingerprint density at radius 3 is 2.60 bits per heavy atom. The maximum absolute atomic E-state index is 13.9. The van der Waals surface area contributed by atoms with Crippen molar-refractivity contribution in [1.29, 1.82) is 0 Å². The van der Waals surface area contributed by atoms with Gasteiger partial charge in [0.15, 0.2) is 0 Å². The number of nitrogens with zero attached hydrogens (tertiary/aromatic N) is 3. The van der Waals surface area contributed by atoms with Gasteiger partial charge in [0.2, 0.25) is 5.82 Å². The molecule has 8 heteroatoms. The number of hydrogen-bond acceptors (Lipinski definition) is 4. The van der Waals surface area contributed by atoms with E-state index in [-0.39, 0.29) is 22.6 Å². The minimum atomic E-state index is -0.765. The van der Waals surface area contributed by atoms with Crippen LogP contribution < -0.4 is 5.73 Å². The Labute approximate surface area is 113 Å². The molecular formula is C12H12F2N4O2. The third-order valence-electron chi connectivity index (χ3n) is 3.11. The quantitative estimate of drug-likeness (QED) is 0.692. The number of hydrogen-bond donors (Lipinski definition) is 1. The molecule has 0 radical (unpaired) electrons. The van der Waals surface area contributed by atoms with Crippen LogP contribution in [0.2, 0.25) is 0 Å². The molecular weight excluding hydrogens is 270 g/mol. The Morgan fingerprint density at radius 2 is 2.05 bits per heavy atom. The lowest BCUT2D eigenvalue weighted by molar-refractivity contribution is -0.384. The van der Waals surface area contributed by atoms with Crippen LogP contribution in [0.4, 0.5) is 20.3 Å². The topological polar surface area (TPSA) is 87.0 Å². The Kier molecular flexibility index (Phi) is 3.39. The summed E-state index contributed by atoms with van der Waals surface area (Å²) < 4.78 is 28.5. The fourth-order valence-corrected chi connectivity index (χ4v) is 1.93. The molecule has 1 heterocycles. The number of aryl methyl sites for hydroxylation is 1. The zero-order valence-electron chi connectivity index (χ0n) is 10.8. The minimum Gasteiger partial charge on any atom is -0.378 e. The molecule has 1 atom stereocenters. The van der Waals surface area contributed by atoms with Gasteiger partial charge in [-0.25, -0.2) is 13.5 Å². The van der Waals surface area contributed by atoms with Crippen LogP contribution in [-0.4, -0.2) is 14.7 Å². The van der Waals surface area contributed by atoms with E-state index in [1.165, 1.54) is 13.8 Å². The second-order valence-electron chi connectivity index (χ2n) is 4.42. The lowest BCUT2D eigenvalue weighted by atomic mass is 10.1. The molecule has 106 valence electrons. The van der Waals surface area contributed by atoms with E-state index >= 15 is 0 Å². The van der Waals surface area contributed by atoms with Gasteiger partial charge in [0.05, 0.1) is 11.0 Å². The maximum Gasteiger partial charge on any atom is 0.330 e. The van der Waals surface area contributed by atoms with Crippen LogP contribution in [0, 0.1) is 28.7 Å². The van der Waals surface area contributed by atoms with E-state index in [1.54, 1.807) is 0 Å². The van der Waals surface area contributed by atoms with Crippen molar-refractivity contribution in [2.24, 2.45) is 0 Å². The predicted octanol–water partition coefficient (Wildman–Crippen LogP) is 2.57. The van der Waals surface area contributed by atoms with Crippen molar-refractivity contribution >= 4 is 11.5 Å². The van der Waals surface area contributed by atoms with E-state index in [2.05, 4.69) is 5.10 Å². The number of anilines is 1. The van der Waals surface area contributed by atoms with Crippen molar-refractivity contribution in [3.05, 3.63) is 51.2 Å². The summed E-state index contributed by atoms with van der Waals surface area (Å²) in [5, 5.41) is 14.5. The lowest BCUT2D eigenvalue weighted by Crippen LogP contribution is -2.14. The number of nitrogens with two attached hydrogens (primary N) is 1. The van der Waals surface area contributed by atoms with Crippen molar-refractivity contribution in [3.8, 4) is 0 Å². The summed E-state index contributed by atoms with van der Waals surface area (Å²) in [4.78, 5) is 10.0. The van der Waals surface area contributed by atoms with E-state index in [0.29, 0.717) is 0 Å². The molecule has 0 aliphatic heterocycles. The second kappa shape index (κ2) is 4.87. The molecule has 0 bridgehead atoms. The van der Waals surface area contributed by atoms with Crippen molar-refractivity contribution < 1.29 is 13.7 Å². The lowest BCUT2D eigenvalue weighted by Gasteiger charge is -2.15. The summed E-state index contributed by atoms with van der Waals surface area (Å²) in [6.45, 7) is 2.97. The highest BCUT2D eigenvalue weighted by atomic mass is 19.1. The third kappa shape index (κ3) is 2.20. The predicted molar refractivity (Wildman–Crippen MR) is 68.2 cm³/mol. The highest BCUT2D eigenvalue weighted by Gasteiger charge is 2.23. The average Bonchev–Trinajstić information content (AvgIpc) is 2.75. The first-order chi connectivity index (χ1) is 9.32. The number of nitro groups is 1. The molecule has 1 aromatic heterocycles. The fraction of sp³-hybridized carbons (Fsp3) is 0.250. The first-order valence-corrected chi connectivity index (χ1v) is 5.75. The monoisotopic (exact) mass is 282 g/mol. The molecule has 0 saturated carbocycles. The summed E-state index contributed by atoms with van der Waals surface area (Å²) >= 11 is 0. The molecule has 2 rings (SSSR count). The number of benzene rings is 1. The summed E-state index contributed by atoms with van der Waals surface area (Å²) in [6.07, 6.45) is 0.980. The summed E-state index contributed by atoms with van der Waals surface area (Å²) in [7, 11) is 0. The van der Waals surface area contributed by atoms with E-state index in [4.69, 9.17) is 5.73 Å². The number of nitrogen functional groups attached to an aromatic ring is 1. The van der Waals surface area contributed by atoms with Gasteiger partial charge in [0.1, 0.15) is 17.8 Å². The number of halogens is 2. The Bertz CT molecular complexity index is 684. The second-order valence-corrected chi connectivity index (χ2v) is 4.42. The van der Waals surface area contributed by atoms with Crippen LogP contribution in [0.1, 0.15) is 24.1 Å². The fourth-order valence-electron chi connectivity index (χ4n) is 1.93. The summed E-state index contributed by atoms with van der Waals surface area (Å²) in [6, 6.07) is 1.34. The number of aromatic nitrogens is 2. The largest absolute Gasteiger partial charge is 0.378 e. The smallest absolute Gasteiger partial charge is 0.330 e. The highest BCUT2D eigenvalue weighted by molar-refractivity contribution is 5.52. The molecule has 0 fully saturated rings. The average molecular weight is 282 g/mol. The molecule has 0 amide bonds. The molecule has 0 aliphatic rings. The van der Waals surface area contributed by atoms with Crippen LogP contribution in [0.15, 0.2) is 18.3 Å². The van der Waals surface area contributed by atoms with E-state index in [1.807, 2.05) is 0 Å². The molecule has 0 aliphatic carbocycles. The van der Waals surface area contributed by atoms with Crippen LogP contribution in [0.25, 0.3) is 0 Å². The highest BCUT2D eigenvalue weighted by Crippen LogP contribution is 2.29. The van der Waals surface area contributed by atoms with Gasteiger partial charge in [-0.2, -0.15) is 5.10 Å². The standard InChI is InChI=1S/C12H12F2N4O2/c1-6-3-10(14)8(4-9(6)13)7(2)17-12(15)11(5-16-17)18(19)20/h3-5,7H,15H2,1-2H3. The molecule has 1 unspecified atom stereocenters. The molecule has 20 heavy (non-hydrogen) atoms. The summed E-state index contributed by atoms with van der Waals surface area (Å²) in [5.41, 5.74) is 5.44. The van der Waals surface area contributed by atoms with Crippen LogP contribution >= 0.6 is 0 Å². The van der Waals surface area contributed by atoms with Gasteiger partial charge in [0.25, 0.3) is 0 Å². The molecule has 1 aromatic carbocycles. The maximum atomic E-state index is 13.9. The normalized spacial score (nSPS) is 12.4. The van der Waals surface area contributed by atoms with Gasteiger partial charge < -0.3 is 5.73 Å². The minimum absolute atomic E-state index is 0.0257. The molecule has 0 saturated heterocycles. The Hall–Kier alpha value is -2.51. The Balaban J connectivity index is 2.49. The third-order valence-corrected chi connectivity index (χ3v) is 3.11. The van der Waals surface area contributed by atoms with Crippen LogP contribution in [0.5, 0.6) is 0 Å². The van der Waals surface area contributed by atoms with Crippen LogP contribution in [-0.2, 0) is 0 Å². The van der Waals surface area contributed by atoms with Crippen molar-refractivity contribution in [1.82, 2.24) is 9.78 Å². The zero-order chi connectivity index (χ0) is 15.0. The van der Waals surface area contributed by atoms with Crippen molar-refractivity contribution in [2.75, 3.05) is 5.73 Å². The molecule has 0 spiro atoms. The van der Waals surface area contributed by atoms with Gasteiger partial charge in [-0.1, -0.05) is 0 Å². The van der Waals surface area contributed by atoms with Gasteiger partial charge in [-0.05, 0) is 31.5 Å².